The summed E-state index contributed by atoms with van der Waals surface area (Å²) in [6.45, 7) is 19.4. The molecule has 0 amide bonds. The van der Waals surface area contributed by atoms with Crippen molar-refractivity contribution in [2.75, 3.05) is 13.7 Å². The molecule has 0 aromatic carbocycles. The number of aliphatic hydroxyl groups is 1. The maximum Gasteiger partial charge on any atom is 0.320 e. The lowest BCUT2D eigenvalue weighted by Crippen LogP contribution is -2.38. The van der Waals surface area contributed by atoms with Gasteiger partial charge in [0.05, 0.1) is 18.5 Å². The summed E-state index contributed by atoms with van der Waals surface area (Å²) in [6, 6.07) is -0.388. The molecule has 6 rings (SSSR count). The number of ether oxygens (including phenoxy) is 2. The number of carbonyl (C=O) groups is 2. The van der Waals surface area contributed by atoms with Crippen LogP contribution in [0, 0.1) is 44.4 Å². The van der Waals surface area contributed by atoms with E-state index in [4.69, 9.17) is 9.47 Å². The molecule has 3 aromatic rings. The monoisotopic (exact) mass is 734 g/mol. The molecule has 3 aromatic heterocycles. The van der Waals surface area contributed by atoms with Crippen LogP contribution in [0.4, 0.5) is 0 Å². The standard InChI is InChI=1S/C45H58N4O5/c1-10-24(4)17-15-13-14-16-20-54-38(50)19-18-31-27(7)34-21-32-25(5)29(11-2)36(46-32)22-33-26(6)30(12-3)37(47-33)23-35-28(8)39-43(49-35)40(42(31)48-34)41(44(39)51)45(52)53-9/h11,14,16,21-24,27,31,41-42,46-49,51H,2,10,12-13,15,17-20H2,1,3-9H3/b16-14+,33-22-,34-21-,37-23-/t24-,27+,31+,41-,42?/m1/s1. The van der Waals surface area contributed by atoms with Crippen molar-refractivity contribution < 1.29 is 24.2 Å². The molecule has 9 heteroatoms. The number of carbonyl (C=O) groups excluding carboxylic acids is 2. The molecule has 0 spiro atoms. The van der Waals surface area contributed by atoms with Gasteiger partial charge in [0.1, 0.15) is 18.3 Å². The number of H-pyrrole nitrogens is 3. The summed E-state index contributed by atoms with van der Waals surface area (Å²) in [5, 5.41) is 19.0. The van der Waals surface area contributed by atoms with Gasteiger partial charge in [-0.2, -0.15) is 0 Å². The zero-order chi connectivity index (χ0) is 38.8. The molecule has 1 aliphatic carbocycles. The third-order valence-electron chi connectivity index (χ3n) is 12.3. The molecule has 0 saturated carbocycles. The maximum atomic E-state index is 13.6. The minimum atomic E-state index is -0.988. The van der Waals surface area contributed by atoms with E-state index in [-0.39, 0.29) is 42.6 Å². The van der Waals surface area contributed by atoms with Gasteiger partial charge >= 0.3 is 11.9 Å². The van der Waals surface area contributed by atoms with Gasteiger partial charge in [-0.15, -0.1) is 0 Å². The predicted molar refractivity (Wildman–Crippen MR) is 217 cm³/mol. The highest BCUT2D eigenvalue weighted by molar-refractivity contribution is 5.95. The smallest absolute Gasteiger partial charge is 0.320 e. The zero-order valence-electron chi connectivity index (χ0n) is 33.3. The van der Waals surface area contributed by atoms with E-state index in [0.29, 0.717) is 11.6 Å². The molecule has 3 aliphatic rings. The van der Waals surface area contributed by atoms with E-state index >= 15 is 0 Å². The Morgan fingerprint density at radius 2 is 1.72 bits per heavy atom. The highest BCUT2D eigenvalue weighted by atomic mass is 16.5. The Morgan fingerprint density at radius 3 is 2.43 bits per heavy atom. The first kappa shape index (κ1) is 38.8. The normalized spacial score (nSPS) is 22.9. The number of hydrogen-bond donors (Lipinski definition) is 5. The maximum absolute atomic E-state index is 13.6. The molecule has 2 aliphatic heterocycles. The van der Waals surface area contributed by atoms with Gasteiger partial charge in [0, 0.05) is 56.6 Å². The SMILES string of the molecule is C=Cc1c2[nH]c(c1C)/C=C1\NC(C3=c4[nH]c(c(C)c4=C(O)[C@@H]3C(=O)OC)/C=c3\[nH]/c(c(C)c3CC)=C\2)[C@@H](CCC(=O)OC/C=C/CCC[C@H](C)CC)[C@@H]1C. The van der Waals surface area contributed by atoms with Gasteiger partial charge in [0.15, 0.2) is 0 Å². The third-order valence-corrected chi connectivity index (χ3v) is 12.3. The number of rotatable bonds is 13. The molecule has 5 N–H and O–H groups in total. The Hall–Kier alpha value is -4.92. The van der Waals surface area contributed by atoms with Crippen molar-refractivity contribution in [3.8, 4) is 0 Å². The van der Waals surface area contributed by atoms with Crippen LogP contribution in [0.15, 0.2) is 24.4 Å². The molecular weight excluding hydrogens is 677 g/mol. The van der Waals surface area contributed by atoms with E-state index in [9.17, 15) is 14.7 Å². The van der Waals surface area contributed by atoms with Crippen LogP contribution in [-0.4, -0.2) is 51.8 Å². The Bertz CT molecular complexity index is 2260. The van der Waals surface area contributed by atoms with E-state index < -0.39 is 11.9 Å². The summed E-state index contributed by atoms with van der Waals surface area (Å²) in [5.41, 5.74) is 9.79. The molecule has 1 unspecified atom stereocenters. The number of aliphatic hydroxyl groups excluding tert-OH is 1. The Labute approximate surface area is 318 Å². The average Bonchev–Trinajstić information content (AvgIpc) is 3.90. The summed E-state index contributed by atoms with van der Waals surface area (Å²) >= 11 is 0. The molecule has 54 heavy (non-hydrogen) atoms. The van der Waals surface area contributed by atoms with Gasteiger partial charge in [0.25, 0.3) is 0 Å². The minimum Gasteiger partial charge on any atom is -0.510 e. The molecule has 0 radical (unpaired) electrons. The molecule has 5 heterocycles. The summed E-state index contributed by atoms with van der Waals surface area (Å²) in [5.74, 6) is -1.19. The van der Waals surface area contributed by atoms with Crippen molar-refractivity contribution in [2.24, 2.45) is 23.7 Å². The molecular formula is C45H58N4O5. The van der Waals surface area contributed by atoms with E-state index in [0.717, 1.165) is 86.3 Å². The van der Waals surface area contributed by atoms with Crippen LogP contribution in [0.1, 0.15) is 111 Å². The topological polar surface area (TPSA) is 132 Å². The first-order valence-corrected chi connectivity index (χ1v) is 19.7. The Morgan fingerprint density at radius 1 is 0.981 bits per heavy atom. The summed E-state index contributed by atoms with van der Waals surface area (Å²) in [6.07, 6.45) is 18.4. The first-order chi connectivity index (χ1) is 25.9. The van der Waals surface area contributed by atoms with E-state index in [1.807, 2.05) is 19.1 Å². The number of hydrogen-bond acceptors (Lipinski definition) is 6. The molecule has 8 bridgehead atoms. The molecule has 1 saturated heterocycles. The van der Waals surface area contributed by atoms with Gasteiger partial charge in [0.2, 0.25) is 0 Å². The minimum absolute atomic E-state index is 0.0183. The van der Waals surface area contributed by atoms with Crippen LogP contribution >= 0.6 is 0 Å². The zero-order valence-corrected chi connectivity index (χ0v) is 33.3. The van der Waals surface area contributed by atoms with E-state index in [1.165, 1.54) is 31.1 Å². The van der Waals surface area contributed by atoms with Crippen molar-refractivity contribution >= 4 is 47.6 Å². The highest BCUT2D eigenvalue weighted by Gasteiger charge is 2.47. The number of allylic oxidation sites excluding steroid dienone is 2. The van der Waals surface area contributed by atoms with Crippen LogP contribution in [0.5, 0.6) is 0 Å². The van der Waals surface area contributed by atoms with E-state index in [2.05, 4.69) is 92.7 Å². The number of fused-ring (bicyclic) bond motifs is 8. The third kappa shape index (κ3) is 7.17. The second-order valence-corrected chi connectivity index (χ2v) is 15.4. The first-order valence-electron chi connectivity index (χ1n) is 19.7. The lowest BCUT2D eigenvalue weighted by Gasteiger charge is -2.26. The number of nitrogens with one attached hydrogen (secondary N) is 4. The van der Waals surface area contributed by atoms with Gasteiger partial charge < -0.3 is 34.8 Å². The van der Waals surface area contributed by atoms with Crippen molar-refractivity contribution in [2.45, 2.75) is 99.5 Å². The molecule has 9 nitrogen and oxygen atoms in total. The van der Waals surface area contributed by atoms with Crippen molar-refractivity contribution in [3.05, 3.63) is 90.6 Å². The highest BCUT2D eigenvalue weighted by Crippen LogP contribution is 2.42. The van der Waals surface area contributed by atoms with Crippen LogP contribution in [-0.2, 0) is 25.5 Å². The van der Waals surface area contributed by atoms with E-state index in [1.54, 1.807) is 0 Å². The fourth-order valence-electron chi connectivity index (χ4n) is 8.75. The second kappa shape index (κ2) is 16.2. The lowest BCUT2D eigenvalue weighted by atomic mass is 9.80. The Balaban J connectivity index is 1.44. The number of unbranched alkanes of at least 4 members (excludes halogenated alkanes) is 1. The van der Waals surface area contributed by atoms with Crippen LogP contribution < -0.4 is 26.6 Å². The summed E-state index contributed by atoms with van der Waals surface area (Å²) in [7, 11) is 1.35. The van der Waals surface area contributed by atoms with Crippen molar-refractivity contribution in [3.63, 3.8) is 0 Å². The summed E-state index contributed by atoms with van der Waals surface area (Å²) < 4.78 is 11.0. The van der Waals surface area contributed by atoms with Gasteiger partial charge in [-0.05, 0) is 104 Å². The Kier molecular flexibility index (Phi) is 11.6. The predicted octanol–water partition coefficient (Wildman–Crippen LogP) is 5.75. The van der Waals surface area contributed by atoms with Gasteiger partial charge in [-0.3, -0.25) is 9.59 Å². The quantitative estimate of drug-likeness (QED) is 0.0864. The molecule has 5 atom stereocenters. The molecule has 1 fully saturated rings. The van der Waals surface area contributed by atoms with Crippen molar-refractivity contribution in [1.82, 2.24) is 20.3 Å². The fourth-order valence-corrected chi connectivity index (χ4v) is 8.75. The number of aromatic amines is 3. The van der Waals surface area contributed by atoms with Gasteiger partial charge in [-0.25, -0.2) is 0 Å². The average molecular weight is 735 g/mol. The fraction of sp³-hybridized carbons (Fsp3) is 0.467. The summed E-state index contributed by atoms with van der Waals surface area (Å²) in [4.78, 5) is 37.7. The number of esters is 2. The largest absolute Gasteiger partial charge is 0.510 e. The molecule has 288 valence electrons. The lowest BCUT2D eigenvalue weighted by molar-refractivity contribution is -0.143. The van der Waals surface area contributed by atoms with Crippen LogP contribution in [0.2, 0.25) is 0 Å². The van der Waals surface area contributed by atoms with Gasteiger partial charge in [-0.1, -0.05) is 65.3 Å². The van der Waals surface area contributed by atoms with Crippen molar-refractivity contribution in [1.29, 1.82) is 0 Å². The number of aromatic nitrogens is 3. The van der Waals surface area contributed by atoms with Crippen LogP contribution in [0.25, 0.3) is 35.6 Å². The second-order valence-electron chi connectivity index (χ2n) is 15.4. The number of methoxy groups -OCH3 is 1. The van der Waals surface area contributed by atoms with Crippen LogP contribution in [0.3, 0.4) is 0 Å².